The van der Waals surface area contributed by atoms with Crippen molar-refractivity contribution in [1.82, 2.24) is 24.7 Å². The zero-order valence-corrected chi connectivity index (χ0v) is 13.7. The number of piperidine rings is 1. The third kappa shape index (κ3) is 2.47. The quantitative estimate of drug-likeness (QED) is 0.927. The van der Waals surface area contributed by atoms with Crippen LogP contribution in [-0.4, -0.2) is 64.1 Å². The van der Waals surface area contributed by atoms with Gasteiger partial charge in [0.15, 0.2) is 0 Å². The molecule has 2 aliphatic rings. The smallest absolute Gasteiger partial charge is 0.317 e. The third-order valence-electron chi connectivity index (χ3n) is 5.32. The number of carbonyl (C=O) groups is 1. The minimum absolute atomic E-state index is 0.0669. The molecule has 4 rings (SSSR count). The second kappa shape index (κ2) is 5.53. The van der Waals surface area contributed by atoms with E-state index in [1.165, 1.54) is 5.52 Å². The number of para-hydroxylation sites is 2. The molecule has 1 aromatic heterocycles. The number of carbonyl (C=O) groups excluding carboxylic acids is 1. The Bertz CT molecular complexity index is 740. The molecule has 3 heterocycles. The highest BCUT2D eigenvalue weighted by atomic mass is 16.2. The number of nitrogens with one attached hydrogen (secondary N) is 1. The predicted octanol–water partition coefficient (Wildman–Crippen LogP) is 1.21. The monoisotopic (exact) mass is 313 g/mol. The zero-order chi connectivity index (χ0) is 16.0. The molecule has 6 heteroatoms. The van der Waals surface area contributed by atoms with Crippen molar-refractivity contribution in [3.63, 3.8) is 0 Å². The van der Waals surface area contributed by atoms with Crippen molar-refractivity contribution in [2.45, 2.75) is 24.9 Å². The van der Waals surface area contributed by atoms with Gasteiger partial charge in [-0.3, -0.25) is 0 Å². The molecule has 0 saturated carbocycles. The zero-order valence-electron chi connectivity index (χ0n) is 13.7. The molecule has 2 saturated heterocycles. The molecule has 0 radical (unpaired) electrons. The number of nitrogens with zero attached hydrogens (tertiary/aromatic N) is 4. The highest BCUT2D eigenvalue weighted by Crippen LogP contribution is 2.22. The number of hydrogen-bond acceptors (Lipinski definition) is 3. The fourth-order valence-corrected chi connectivity index (χ4v) is 3.90. The maximum atomic E-state index is 11.8. The topological polar surface area (TPSA) is 53.4 Å². The lowest BCUT2D eigenvalue weighted by molar-refractivity contribution is 0.153. The Kier molecular flexibility index (Phi) is 3.49. The Morgan fingerprint density at radius 2 is 2.13 bits per heavy atom. The molecular formula is C17H23N5O. The summed E-state index contributed by atoms with van der Waals surface area (Å²) in [7, 11) is 3.98. The van der Waals surface area contributed by atoms with E-state index in [1.807, 2.05) is 18.0 Å². The summed E-state index contributed by atoms with van der Waals surface area (Å²) in [4.78, 5) is 20.8. The molecule has 6 nitrogen and oxygen atoms in total. The summed E-state index contributed by atoms with van der Waals surface area (Å²) in [5.74, 6) is 1.13. The van der Waals surface area contributed by atoms with E-state index in [2.05, 4.69) is 40.0 Å². The van der Waals surface area contributed by atoms with Crippen molar-refractivity contribution in [2.75, 3.05) is 26.7 Å². The van der Waals surface area contributed by atoms with Gasteiger partial charge in [-0.15, -0.1) is 0 Å². The van der Waals surface area contributed by atoms with Crippen LogP contribution in [0, 0.1) is 0 Å². The van der Waals surface area contributed by atoms with Gasteiger partial charge in [-0.2, -0.15) is 0 Å². The van der Waals surface area contributed by atoms with Crippen LogP contribution in [0.25, 0.3) is 11.0 Å². The number of rotatable bonds is 3. The first-order chi connectivity index (χ1) is 11.1. The van der Waals surface area contributed by atoms with Crippen LogP contribution in [-0.2, 0) is 13.5 Å². The van der Waals surface area contributed by atoms with E-state index in [9.17, 15) is 4.79 Å². The summed E-state index contributed by atoms with van der Waals surface area (Å²) in [6, 6.07) is 8.95. The molecule has 0 spiro atoms. The summed E-state index contributed by atoms with van der Waals surface area (Å²) < 4.78 is 2.19. The number of likely N-dealkylation sites (tertiary alicyclic amines) is 1. The predicted molar refractivity (Wildman–Crippen MR) is 89.3 cm³/mol. The Labute approximate surface area is 136 Å². The van der Waals surface area contributed by atoms with Gasteiger partial charge in [0.2, 0.25) is 0 Å². The van der Waals surface area contributed by atoms with Gasteiger partial charge in [0.25, 0.3) is 0 Å². The molecule has 1 aromatic carbocycles. The summed E-state index contributed by atoms with van der Waals surface area (Å²) in [6.45, 7) is 2.97. The molecule has 2 aliphatic heterocycles. The van der Waals surface area contributed by atoms with Gasteiger partial charge in [-0.05, 0) is 18.6 Å². The van der Waals surface area contributed by atoms with Crippen LogP contribution in [0.4, 0.5) is 4.79 Å². The van der Waals surface area contributed by atoms with Crippen molar-refractivity contribution in [3.05, 3.63) is 30.1 Å². The van der Waals surface area contributed by atoms with Gasteiger partial charge in [-0.1, -0.05) is 12.1 Å². The van der Waals surface area contributed by atoms with Crippen LogP contribution in [0.3, 0.4) is 0 Å². The van der Waals surface area contributed by atoms with Gasteiger partial charge in [-0.25, -0.2) is 9.78 Å². The van der Waals surface area contributed by atoms with E-state index in [0.717, 1.165) is 43.8 Å². The Hall–Kier alpha value is -2.08. The SMILES string of the molecule is CN1C(=O)N[C@@H]2CN(CCc3nc4ccccc4n3C)CC[C@@H]21. The molecule has 0 unspecified atom stereocenters. The fraction of sp³-hybridized carbons (Fsp3) is 0.529. The minimum atomic E-state index is 0.0669. The molecule has 2 aromatic rings. The standard InChI is InChI=1S/C17H23N5O/c1-20-14-6-4-3-5-12(14)18-16(20)8-10-22-9-7-15-13(11-22)19-17(23)21(15)2/h3-6,13,15H,7-11H2,1-2H3,(H,19,23)/t13-,15+/m1/s1. The number of aromatic nitrogens is 2. The largest absolute Gasteiger partial charge is 0.332 e. The molecule has 2 atom stereocenters. The average Bonchev–Trinajstić information content (AvgIpc) is 3.03. The van der Waals surface area contributed by atoms with Gasteiger partial charge < -0.3 is 19.7 Å². The van der Waals surface area contributed by atoms with E-state index >= 15 is 0 Å². The number of amides is 2. The highest BCUT2D eigenvalue weighted by Gasteiger charge is 2.40. The van der Waals surface area contributed by atoms with Crippen molar-refractivity contribution in [2.24, 2.45) is 7.05 Å². The summed E-state index contributed by atoms with van der Waals surface area (Å²) in [5.41, 5.74) is 2.25. The number of urea groups is 1. The fourth-order valence-electron chi connectivity index (χ4n) is 3.90. The second-order valence-corrected chi connectivity index (χ2v) is 6.65. The van der Waals surface area contributed by atoms with E-state index in [-0.39, 0.29) is 12.1 Å². The van der Waals surface area contributed by atoms with E-state index in [0.29, 0.717) is 6.04 Å². The molecule has 0 aliphatic carbocycles. The number of aryl methyl sites for hydroxylation is 1. The van der Waals surface area contributed by atoms with Crippen LogP contribution >= 0.6 is 0 Å². The summed E-state index contributed by atoms with van der Waals surface area (Å²) in [5, 5.41) is 3.09. The van der Waals surface area contributed by atoms with Gasteiger partial charge >= 0.3 is 6.03 Å². The first kappa shape index (κ1) is 14.5. The maximum absolute atomic E-state index is 11.8. The second-order valence-electron chi connectivity index (χ2n) is 6.65. The summed E-state index contributed by atoms with van der Waals surface area (Å²) in [6.07, 6.45) is 1.98. The molecule has 2 fully saturated rings. The molecule has 122 valence electrons. The van der Waals surface area contributed by atoms with Crippen LogP contribution in [0.1, 0.15) is 12.2 Å². The van der Waals surface area contributed by atoms with Crippen LogP contribution in [0.15, 0.2) is 24.3 Å². The number of likely N-dealkylation sites (N-methyl/N-ethyl adjacent to an activating group) is 1. The Morgan fingerprint density at radius 1 is 1.30 bits per heavy atom. The van der Waals surface area contributed by atoms with Gasteiger partial charge in [0.1, 0.15) is 5.82 Å². The third-order valence-corrected chi connectivity index (χ3v) is 5.32. The van der Waals surface area contributed by atoms with Crippen molar-refractivity contribution >= 4 is 17.1 Å². The average molecular weight is 313 g/mol. The lowest BCUT2D eigenvalue weighted by Gasteiger charge is -2.35. The number of hydrogen-bond donors (Lipinski definition) is 1. The highest BCUT2D eigenvalue weighted by molar-refractivity contribution is 5.77. The number of fused-ring (bicyclic) bond motifs is 2. The van der Waals surface area contributed by atoms with Crippen molar-refractivity contribution in [3.8, 4) is 0 Å². The lowest BCUT2D eigenvalue weighted by atomic mass is 10.0. The van der Waals surface area contributed by atoms with Crippen molar-refractivity contribution in [1.29, 1.82) is 0 Å². The normalized spacial score (nSPS) is 25.0. The number of imidazole rings is 1. The Morgan fingerprint density at radius 3 is 2.96 bits per heavy atom. The first-order valence-electron chi connectivity index (χ1n) is 8.29. The van der Waals surface area contributed by atoms with Crippen LogP contribution in [0.5, 0.6) is 0 Å². The number of benzene rings is 1. The first-order valence-corrected chi connectivity index (χ1v) is 8.29. The van der Waals surface area contributed by atoms with Gasteiger partial charge in [0.05, 0.1) is 23.1 Å². The maximum Gasteiger partial charge on any atom is 0.317 e. The van der Waals surface area contributed by atoms with Crippen molar-refractivity contribution < 1.29 is 4.79 Å². The lowest BCUT2D eigenvalue weighted by Crippen LogP contribution is -2.51. The van der Waals surface area contributed by atoms with E-state index < -0.39 is 0 Å². The molecule has 1 N–H and O–H groups in total. The molecule has 23 heavy (non-hydrogen) atoms. The molecule has 2 amide bonds. The van der Waals surface area contributed by atoms with Crippen LogP contribution in [0.2, 0.25) is 0 Å². The van der Waals surface area contributed by atoms with Gasteiger partial charge in [0, 0.05) is 40.2 Å². The summed E-state index contributed by atoms with van der Waals surface area (Å²) >= 11 is 0. The van der Waals surface area contributed by atoms with E-state index in [1.54, 1.807) is 0 Å². The van der Waals surface area contributed by atoms with Crippen LogP contribution < -0.4 is 5.32 Å². The minimum Gasteiger partial charge on any atom is -0.332 e. The molecular weight excluding hydrogens is 290 g/mol. The molecule has 0 bridgehead atoms. The Balaban J connectivity index is 1.41. The van der Waals surface area contributed by atoms with E-state index in [4.69, 9.17) is 4.98 Å².